The van der Waals surface area contributed by atoms with Crippen molar-refractivity contribution in [3.63, 3.8) is 0 Å². The van der Waals surface area contributed by atoms with Crippen LogP contribution in [0, 0.1) is 5.41 Å². The zero-order chi connectivity index (χ0) is 18.3. The average Bonchev–Trinajstić information content (AvgIpc) is 2.54. The molecule has 1 fully saturated rings. The maximum Gasteiger partial charge on any atom is 0.0687 e. The maximum absolute atomic E-state index is 2.41. The topological polar surface area (TPSA) is 0 Å². The first-order valence-corrected chi connectivity index (χ1v) is 11.6. The molecule has 0 aromatic rings. The number of hydrogen-bond acceptors (Lipinski definition) is 2. The summed E-state index contributed by atoms with van der Waals surface area (Å²) in [7, 11) is 0. The molecule has 138 valence electrons. The molecule has 0 saturated carbocycles. The van der Waals surface area contributed by atoms with Crippen LogP contribution in [0.25, 0.3) is 0 Å². The first-order chi connectivity index (χ1) is 11.9. The van der Waals surface area contributed by atoms with Crippen LogP contribution in [0.2, 0.25) is 0 Å². The zero-order valence-corrected chi connectivity index (χ0v) is 18.2. The van der Waals surface area contributed by atoms with E-state index in [2.05, 4.69) is 94.6 Å². The van der Waals surface area contributed by atoms with Gasteiger partial charge in [-0.2, -0.15) is 0 Å². The first-order valence-electron chi connectivity index (χ1n) is 9.53. The summed E-state index contributed by atoms with van der Waals surface area (Å²) in [5, 5.41) is 0. The van der Waals surface area contributed by atoms with Gasteiger partial charge in [-0.1, -0.05) is 67.0 Å². The number of hydrogen-bond donors (Lipinski definition) is 0. The van der Waals surface area contributed by atoms with E-state index in [0.29, 0.717) is 10.00 Å². The Kier molecular flexibility index (Phi) is 8.22. The Morgan fingerprint density at radius 2 is 1.76 bits per heavy atom. The highest BCUT2D eigenvalue weighted by molar-refractivity contribution is 8.17. The van der Waals surface area contributed by atoms with Gasteiger partial charge in [0.25, 0.3) is 0 Å². The minimum absolute atomic E-state index is 0.323. The fourth-order valence-corrected chi connectivity index (χ4v) is 6.36. The Hall–Kier alpha value is -0.600. The minimum atomic E-state index is 0.323. The lowest BCUT2D eigenvalue weighted by Crippen LogP contribution is -2.19. The Morgan fingerprint density at radius 3 is 2.44 bits per heavy atom. The second-order valence-electron chi connectivity index (χ2n) is 7.91. The van der Waals surface area contributed by atoms with Crippen LogP contribution in [0.4, 0.5) is 0 Å². The molecule has 0 aromatic heterocycles. The van der Waals surface area contributed by atoms with Crippen molar-refractivity contribution in [2.24, 2.45) is 5.41 Å². The lowest BCUT2D eigenvalue weighted by atomic mass is 9.72. The normalized spacial score (nSPS) is 23.9. The molecular formula is C23H34S2. The van der Waals surface area contributed by atoms with Gasteiger partial charge in [0.05, 0.1) is 4.58 Å². The molecule has 0 nitrogen and oxygen atoms in total. The zero-order valence-electron chi connectivity index (χ0n) is 16.6. The van der Waals surface area contributed by atoms with Crippen LogP contribution in [-0.2, 0) is 0 Å². The first kappa shape index (κ1) is 20.7. The van der Waals surface area contributed by atoms with Gasteiger partial charge < -0.3 is 0 Å². The predicted molar refractivity (Wildman–Crippen MR) is 119 cm³/mol. The van der Waals surface area contributed by atoms with Crippen molar-refractivity contribution in [2.75, 3.05) is 11.5 Å². The summed E-state index contributed by atoms with van der Waals surface area (Å²) < 4.78 is 0.645. The number of allylic oxidation sites excluding steroid dienone is 9. The van der Waals surface area contributed by atoms with E-state index in [9.17, 15) is 0 Å². The monoisotopic (exact) mass is 374 g/mol. The minimum Gasteiger partial charge on any atom is -0.143 e. The molecule has 0 unspecified atom stereocenters. The van der Waals surface area contributed by atoms with E-state index in [0.717, 1.165) is 0 Å². The Labute approximate surface area is 164 Å². The fraction of sp³-hybridized carbons (Fsp3) is 0.565. The van der Waals surface area contributed by atoms with E-state index in [-0.39, 0.29) is 0 Å². The SMILES string of the molecule is CC1=C(/C=C/C(C)=C/C=C/C(C)=C/C2SCCCS2)C(C)(C)CCC1. The van der Waals surface area contributed by atoms with Crippen LogP contribution < -0.4 is 0 Å². The summed E-state index contributed by atoms with van der Waals surface area (Å²) in [5.74, 6) is 2.61. The van der Waals surface area contributed by atoms with Crippen LogP contribution >= 0.6 is 23.5 Å². The highest BCUT2D eigenvalue weighted by Gasteiger charge is 2.26. The maximum atomic E-state index is 2.41. The Morgan fingerprint density at radius 1 is 1.04 bits per heavy atom. The molecule has 1 aliphatic heterocycles. The van der Waals surface area contributed by atoms with Gasteiger partial charge in [-0.15, -0.1) is 23.5 Å². The summed E-state index contributed by atoms with van der Waals surface area (Å²) in [6, 6.07) is 0. The van der Waals surface area contributed by atoms with Gasteiger partial charge in [0, 0.05) is 0 Å². The number of thioether (sulfide) groups is 2. The van der Waals surface area contributed by atoms with Gasteiger partial charge in [-0.25, -0.2) is 0 Å². The molecule has 25 heavy (non-hydrogen) atoms. The van der Waals surface area contributed by atoms with Gasteiger partial charge in [-0.05, 0) is 68.9 Å². The van der Waals surface area contributed by atoms with Crippen molar-refractivity contribution < 1.29 is 0 Å². The Bertz CT molecular complexity index is 594. The summed E-state index contributed by atoms with van der Waals surface area (Å²) in [5.41, 5.74) is 6.11. The van der Waals surface area contributed by atoms with Crippen LogP contribution in [0.15, 0.2) is 58.7 Å². The third-order valence-corrected chi connectivity index (χ3v) is 7.82. The lowest BCUT2D eigenvalue weighted by Gasteiger charge is -2.32. The van der Waals surface area contributed by atoms with Gasteiger partial charge >= 0.3 is 0 Å². The third-order valence-electron chi connectivity index (χ3n) is 5.03. The van der Waals surface area contributed by atoms with Crippen LogP contribution in [0.5, 0.6) is 0 Å². The summed E-state index contributed by atoms with van der Waals surface area (Å²) in [4.78, 5) is 0. The third kappa shape index (κ3) is 6.90. The molecule has 0 radical (unpaired) electrons. The van der Waals surface area contributed by atoms with Gasteiger partial charge in [0.15, 0.2) is 0 Å². The van der Waals surface area contributed by atoms with Gasteiger partial charge in [0.2, 0.25) is 0 Å². The summed E-state index contributed by atoms with van der Waals surface area (Å²) >= 11 is 4.15. The summed E-state index contributed by atoms with van der Waals surface area (Å²) in [6.45, 7) is 11.5. The molecule has 1 aliphatic carbocycles. The van der Waals surface area contributed by atoms with E-state index >= 15 is 0 Å². The molecule has 1 saturated heterocycles. The highest BCUT2D eigenvalue weighted by atomic mass is 32.2. The molecule has 0 atom stereocenters. The van der Waals surface area contributed by atoms with Gasteiger partial charge in [0.1, 0.15) is 0 Å². The van der Waals surface area contributed by atoms with Crippen LogP contribution in [0.3, 0.4) is 0 Å². The standard InChI is InChI=1S/C23H34S2/c1-18(12-13-21-20(3)11-7-14-23(21,4)5)9-6-10-19(2)17-22-24-15-8-16-25-22/h6,9-10,12-13,17,22H,7-8,11,14-16H2,1-5H3/b10-6+,13-12+,18-9+,19-17+. The van der Waals surface area contributed by atoms with Crippen LogP contribution in [-0.4, -0.2) is 16.1 Å². The molecule has 0 spiro atoms. The molecule has 2 rings (SSSR count). The predicted octanol–water partition coefficient (Wildman–Crippen LogP) is 7.71. The van der Waals surface area contributed by atoms with E-state index in [1.54, 1.807) is 5.57 Å². The highest BCUT2D eigenvalue weighted by Crippen LogP contribution is 2.40. The van der Waals surface area contributed by atoms with Crippen molar-refractivity contribution in [3.05, 3.63) is 58.7 Å². The largest absolute Gasteiger partial charge is 0.143 e. The fourth-order valence-electron chi connectivity index (χ4n) is 3.50. The number of rotatable bonds is 5. The second kappa shape index (κ2) is 9.92. The quantitative estimate of drug-likeness (QED) is 0.452. The molecule has 2 aliphatic rings. The van der Waals surface area contributed by atoms with Crippen LogP contribution in [0.1, 0.15) is 60.3 Å². The van der Waals surface area contributed by atoms with Crippen molar-refractivity contribution in [2.45, 2.75) is 64.9 Å². The molecular weight excluding hydrogens is 340 g/mol. The van der Waals surface area contributed by atoms with Crippen molar-refractivity contribution in [1.82, 2.24) is 0 Å². The molecule has 0 N–H and O–H groups in total. The molecule has 0 aromatic carbocycles. The lowest BCUT2D eigenvalue weighted by molar-refractivity contribution is 0.377. The van der Waals surface area contributed by atoms with Crippen molar-refractivity contribution in [1.29, 1.82) is 0 Å². The molecule has 1 heterocycles. The van der Waals surface area contributed by atoms with E-state index in [1.807, 2.05) is 0 Å². The average molecular weight is 375 g/mol. The second-order valence-corrected chi connectivity index (χ2v) is 10.7. The molecule has 2 heteroatoms. The molecule has 0 amide bonds. The van der Waals surface area contributed by atoms with E-state index in [1.165, 1.54) is 53.9 Å². The Balaban J connectivity index is 1.95. The molecule has 0 bridgehead atoms. The summed E-state index contributed by atoms with van der Waals surface area (Å²) in [6.07, 6.45) is 18.9. The van der Waals surface area contributed by atoms with Crippen molar-refractivity contribution >= 4 is 23.5 Å². The van der Waals surface area contributed by atoms with Gasteiger partial charge in [-0.3, -0.25) is 0 Å². The smallest absolute Gasteiger partial charge is 0.0687 e. The van der Waals surface area contributed by atoms with E-state index < -0.39 is 0 Å². The van der Waals surface area contributed by atoms with Crippen molar-refractivity contribution in [3.8, 4) is 0 Å². The van der Waals surface area contributed by atoms with E-state index in [4.69, 9.17) is 0 Å².